The first kappa shape index (κ1) is 32.9. The monoisotopic (exact) mass is 628 g/mol. The number of likely N-dealkylation sites (tertiary alicyclic amines) is 1. The molecule has 244 valence electrons. The summed E-state index contributed by atoms with van der Waals surface area (Å²) in [6.45, 7) is 10.1. The molecule has 46 heavy (non-hydrogen) atoms. The van der Waals surface area contributed by atoms with Crippen LogP contribution in [0.4, 0.5) is 4.79 Å². The summed E-state index contributed by atoms with van der Waals surface area (Å²) in [5.41, 5.74) is 2.90. The molecule has 5 rings (SSSR count). The van der Waals surface area contributed by atoms with Crippen molar-refractivity contribution in [1.82, 2.24) is 20.9 Å². The summed E-state index contributed by atoms with van der Waals surface area (Å²) in [6, 6.07) is 14.5. The van der Waals surface area contributed by atoms with E-state index >= 15 is 0 Å². The van der Waals surface area contributed by atoms with Gasteiger partial charge >= 0.3 is 6.09 Å². The molecule has 0 spiro atoms. The smallest absolute Gasteiger partial charge is 0.408 e. The summed E-state index contributed by atoms with van der Waals surface area (Å²) in [5, 5.41) is 8.17. The molecule has 1 saturated heterocycles. The van der Waals surface area contributed by atoms with Crippen LogP contribution >= 0.6 is 0 Å². The number of carbonyl (C=O) groups excluding carboxylic acids is 5. The minimum Gasteiger partial charge on any atom is -0.445 e. The van der Waals surface area contributed by atoms with Gasteiger partial charge in [0, 0.05) is 13.1 Å². The maximum atomic E-state index is 14.5. The maximum Gasteiger partial charge on any atom is 0.408 e. The number of alkyl carbamates (subject to hydrolysis) is 1. The highest BCUT2D eigenvalue weighted by molar-refractivity contribution is 6.38. The lowest BCUT2D eigenvalue weighted by atomic mass is 9.93. The van der Waals surface area contributed by atoms with Crippen LogP contribution in [0.15, 0.2) is 67.3 Å². The molecule has 10 nitrogen and oxygen atoms in total. The lowest BCUT2D eigenvalue weighted by molar-refractivity contribution is -0.144. The Bertz CT molecular complexity index is 1470. The fraction of sp³-hybridized carbons (Fsp3) is 0.472. The van der Waals surface area contributed by atoms with Gasteiger partial charge in [0.1, 0.15) is 18.7 Å². The van der Waals surface area contributed by atoms with Crippen molar-refractivity contribution in [3.05, 3.63) is 83.9 Å². The fourth-order valence-electron chi connectivity index (χ4n) is 7.32. The Morgan fingerprint density at radius 2 is 1.65 bits per heavy atom. The van der Waals surface area contributed by atoms with Crippen LogP contribution in [0.3, 0.4) is 0 Å². The van der Waals surface area contributed by atoms with E-state index in [9.17, 15) is 24.0 Å². The van der Waals surface area contributed by atoms with Gasteiger partial charge in [-0.1, -0.05) is 87.9 Å². The van der Waals surface area contributed by atoms with Crippen molar-refractivity contribution in [2.75, 3.05) is 13.1 Å². The van der Waals surface area contributed by atoms with Crippen molar-refractivity contribution in [3.8, 4) is 0 Å². The number of amides is 4. The normalized spacial score (nSPS) is 22.1. The SMILES string of the molecule is C=CCNC(=O)C(=O)C(CCC)NC(=O)[C@@H]1[C@@H]2[C@H](CN1C(=O)[C@@H](NC(=O)OCc1ccccc1)C1Cc3ccccc3C1)C2(C)C. The second-order valence-corrected chi connectivity index (χ2v) is 13.2. The van der Waals surface area contributed by atoms with Gasteiger partial charge in [0.05, 0.1) is 6.04 Å². The van der Waals surface area contributed by atoms with Crippen LogP contribution in [0.2, 0.25) is 0 Å². The van der Waals surface area contributed by atoms with E-state index in [1.807, 2.05) is 61.5 Å². The number of fused-ring (bicyclic) bond motifs is 2. The zero-order valence-corrected chi connectivity index (χ0v) is 26.8. The number of nitrogens with zero attached hydrogens (tertiary/aromatic N) is 1. The zero-order chi connectivity index (χ0) is 33.0. The van der Waals surface area contributed by atoms with Gasteiger partial charge in [-0.05, 0) is 59.1 Å². The molecular weight excluding hydrogens is 584 g/mol. The van der Waals surface area contributed by atoms with Crippen LogP contribution in [-0.4, -0.2) is 65.7 Å². The van der Waals surface area contributed by atoms with E-state index in [-0.39, 0.29) is 48.6 Å². The Hall–Kier alpha value is -4.47. The van der Waals surface area contributed by atoms with E-state index in [0.29, 0.717) is 25.8 Å². The number of Topliss-reactive ketones (excluding diaryl/α,β-unsaturated/α-hetero) is 1. The number of benzene rings is 2. The van der Waals surface area contributed by atoms with Crippen LogP contribution in [0.25, 0.3) is 0 Å². The van der Waals surface area contributed by atoms with Crippen LogP contribution in [-0.2, 0) is 43.4 Å². The molecule has 2 aliphatic carbocycles. The average molecular weight is 629 g/mol. The van der Waals surface area contributed by atoms with Gasteiger partial charge in [0.15, 0.2) is 0 Å². The molecule has 1 unspecified atom stereocenters. The molecule has 3 N–H and O–H groups in total. The molecule has 2 fully saturated rings. The summed E-state index contributed by atoms with van der Waals surface area (Å²) in [4.78, 5) is 68.7. The summed E-state index contributed by atoms with van der Waals surface area (Å²) in [5.74, 6) is -2.59. The third-order valence-electron chi connectivity index (χ3n) is 9.91. The Morgan fingerprint density at radius 1 is 1.00 bits per heavy atom. The lowest BCUT2D eigenvalue weighted by Crippen LogP contribution is -2.59. The molecule has 0 bridgehead atoms. The van der Waals surface area contributed by atoms with Crippen LogP contribution in [0.5, 0.6) is 0 Å². The summed E-state index contributed by atoms with van der Waals surface area (Å²) < 4.78 is 5.52. The summed E-state index contributed by atoms with van der Waals surface area (Å²) in [7, 11) is 0. The zero-order valence-electron chi connectivity index (χ0n) is 26.8. The van der Waals surface area contributed by atoms with Crippen molar-refractivity contribution in [1.29, 1.82) is 0 Å². The molecule has 1 heterocycles. The predicted octanol–water partition coefficient (Wildman–Crippen LogP) is 3.34. The van der Waals surface area contributed by atoms with Gasteiger partial charge < -0.3 is 25.6 Å². The van der Waals surface area contributed by atoms with Crippen molar-refractivity contribution >= 4 is 29.6 Å². The van der Waals surface area contributed by atoms with E-state index in [4.69, 9.17) is 4.74 Å². The molecule has 1 aliphatic heterocycles. The van der Waals surface area contributed by atoms with Gasteiger partial charge in [-0.3, -0.25) is 19.2 Å². The number of hydrogen-bond donors (Lipinski definition) is 3. The number of rotatable bonds is 13. The van der Waals surface area contributed by atoms with Gasteiger partial charge in [0.25, 0.3) is 5.91 Å². The topological polar surface area (TPSA) is 134 Å². The third kappa shape index (κ3) is 6.85. The van der Waals surface area contributed by atoms with Gasteiger partial charge in [-0.2, -0.15) is 0 Å². The van der Waals surface area contributed by atoms with Gasteiger partial charge in [0.2, 0.25) is 17.6 Å². The number of nitrogens with one attached hydrogen (secondary N) is 3. The first-order valence-corrected chi connectivity index (χ1v) is 16.1. The summed E-state index contributed by atoms with van der Waals surface area (Å²) in [6.07, 6.45) is 2.81. The number of piperidine rings is 1. The largest absolute Gasteiger partial charge is 0.445 e. The van der Waals surface area contributed by atoms with E-state index < -0.39 is 41.8 Å². The first-order valence-electron chi connectivity index (χ1n) is 16.1. The maximum absolute atomic E-state index is 14.5. The molecule has 4 amide bonds. The van der Waals surface area contributed by atoms with Crippen LogP contribution < -0.4 is 16.0 Å². The predicted molar refractivity (Wildman–Crippen MR) is 172 cm³/mol. The highest BCUT2D eigenvalue weighted by Crippen LogP contribution is 2.65. The summed E-state index contributed by atoms with van der Waals surface area (Å²) >= 11 is 0. The highest BCUT2D eigenvalue weighted by atomic mass is 16.5. The van der Waals surface area contributed by atoms with Crippen LogP contribution in [0.1, 0.15) is 50.3 Å². The van der Waals surface area contributed by atoms with Gasteiger partial charge in [-0.15, -0.1) is 6.58 Å². The Morgan fingerprint density at radius 3 is 2.28 bits per heavy atom. The minimum absolute atomic E-state index is 0.0543. The fourth-order valence-corrected chi connectivity index (χ4v) is 7.32. The third-order valence-corrected chi connectivity index (χ3v) is 9.91. The molecule has 1 saturated carbocycles. The molecule has 5 atom stereocenters. The van der Waals surface area contributed by atoms with E-state index in [1.165, 1.54) is 6.08 Å². The van der Waals surface area contributed by atoms with Crippen molar-refractivity contribution in [2.45, 2.75) is 71.2 Å². The number of ether oxygens (including phenoxy) is 1. The Balaban J connectivity index is 1.36. The van der Waals surface area contributed by atoms with E-state index in [2.05, 4.69) is 36.4 Å². The Kier molecular flexibility index (Phi) is 9.94. The molecule has 2 aromatic rings. The molecule has 3 aliphatic rings. The number of ketones is 1. The molecule has 0 aromatic heterocycles. The lowest BCUT2D eigenvalue weighted by Gasteiger charge is -2.35. The molecule has 2 aromatic carbocycles. The van der Waals surface area contributed by atoms with Crippen molar-refractivity contribution in [2.24, 2.45) is 23.2 Å². The van der Waals surface area contributed by atoms with Gasteiger partial charge in [-0.25, -0.2) is 4.79 Å². The second-order valence-electron chi connectivity index (χ2n) is 13.2. The average Bonchev–Trinajstić information content (AvgIpc) is 3.41. The van der Waals surface area contributed by atoms with E-state index in [0.717, 1.165) is 16.7 Å². The van der Waals surface area contributed by atoms with Crippen LogP contribution in [0, 0.1) is 23.2 Å². The highest BCUT2D eigenvalue weighted by Gasteiger charge is 2.69. The minimum atomic E-state index is -1.02. The van der Waals surface area contributed by atoms with E-state index in [1.54, 1.807) is 4.90 Å². The molecule has 10 heteroatoms. The molecule has 0 radical (unpaired) electrons. The molecular formula is C36H44N4O6. The number of carbonyl (C=O) groups is 5. The van der Waals surface area contributed by atoms with Crippen molar-refractivity contribution < 1.29 is 28.7 Å². The van der Waals surface area contributed by atoms with Crippen molar-refractivity contribution in [3.63, 3.8) is 0 Å². The first-order chi connectivity index (χ1) is 22.1. The number of hydrogen-bond acceptors (Lipinski definition) is 6. The second kappa shape index (κ2) is 13.9. The Labute approximate surface area is 270 Å². The quantitative estimate of drug-likeness (QED) is 0.230. The standard InChI is InChI=1S/C36H44N4O6/c1-5-12-27(31(41)33(43)37-17-6-2)38-32(42)30-28-26(36(28,3)4)20-40(30)34(44)29(25-18-23-15-10-11-16-24(23)19-25)39-35(45)46-21-22-13-8-7-9-14-22/h6-11,13-16,25-30H,2,5,12,17-21H2,1,3-4H3,(H,37,43)(H,38,42)(H,39,45)/t26-,27?,28-,29-,30-/m0/s1.